The van der Waals surface area contributed by atoms with E-state index in [2.05, 4.69) is 0 Å². The maximum absolute atomic E-state index is 12.9. The summed E-state index contributed by atoms with van der Waals surface area (Å²) in [6, 6.07) is 12.0. The summed E-state index contributed by atoms with van der Waals surface area (Å²) >= 11 is 0. The van der Waals surface area contributed by atoms with Crippen molar-refractivity contribution in [1.29, 1.82) is 0 Å². The third-order valence-corrected chi connectivity index (χ3v) is 4.44. The van der Waals surface area contributed by atoms with E-state index in [1.165, 1.54) is 0 Å². The minimum absolute atomic E-state index is 0.182. The average Bonchev–Trinajstić information content (AvgIpc) is 2.68. The van der Waals surface area contributed by atoms with Gasteiger partial charge in [0.1, 0.15) is 6.61 Å². The maximum atomic E-state index is 12.9. The lowest BCUT2D eigenvalue weighted by atomic mass is 9.79. The minimum Gasteiger partial charge on any atom is -0.464 e. The molecule has 6 nitrogen and oxygen atoms in total. The molecule has 1 aliphatic carbocycles. The lowest BCUT2D eigenvalue weighted by Gasteiger charge is -2.36. The van der Waals surface area contributed by atoms with Crippen molar-refractivity contribution in [2.24, 2.45) is 0 Å². The van der Waals surface area contributed by atoms with Gasteiger partial charge in [-0.3, -0.25) is 4.79 Å². The fourth-order valence-electron chi connectivity index (χ4n) is 3.19. The predicted molar refractivity (Wildman–Crippen MR) is 92.8 cm³/mol. The monoisotopic (exact) mass is 356 g/mol. The summed E-state index contributed by atoms with van der Waals surface area (Å²) in [7, 11) is 0. The van der Waals surface area contributed by atoms with Crippen molar-refractivity contribution in [1.82, 2.24) is 0 Å². The zero-order valence-corrected chi connectivity index (χ0v) is 14.7. The van der Waals surface area contributed by atoms with Crippen LogP contribution in [0.4, 0.5) is 0 Å². The van der Waals surface area contributed by atoms with Crippen LogP contribution in [-0.2, 0) is 31.4 Å². The molecule has 0 fully saturated rings. The van der Waals surface area contributed by atoms with E-state index in [0.29, 0.717) is 22.3 Å². The van der Waals surface area contributed by atoms with Crippen LogP contribution in [0, 0.1) is 0 Å². The zero-order valence-electron chi connectivity index (χ0n) is 14.7. The molecule has 2 aromatic rings. The van der Waals surface area contributed by atoms with E-state index in [1.54, 1.807) is 43.3 Å². The van der Waals surface area contributed by atoms with Gasteiger partial charge in [0.25, 0.3) is 5.79 Å². The zero-order chi connectivity index (χ0) is 18.7. The van der Waals surface area contributed by atoms with Gasteiger partial charge in [0.2, 0.25) is 0 Å². The number of ether oxygens (including phenoxy) is 2. The lowest BCUT2D eigenvalue weighted by Crippen LogP contribution is -2.41. The molecular formula is C20H20O6. The summed E-state index contributed by atoms with van der Waals surface area (Å²) in [5.74, 6) is -2.55. The molecule has 0 radical (unpaired) electrons. The highest BCUT2D eigenvalue weighted by Crippen LogP contribution is 2.43. The number of benzene rings is 2. The summed E-state index contributed by atoms with van der Waals surface area (Å²) in [6.07, 6.45) is 0.749. The summed E-state index contributed by atoms with van der Waals surface area (Å²) < 4.78 is 10.6. The van der Waals surface area contributed by atoms with Crippen LogP contribution in [0.5, 0.6) is 0 Å². The molecule has 0 spiro atoms. The van der Waals surface area contributed by atoms with Gasteiger partial charge in [-0.2, -0.15) is 4.89 Å². The third-order valence-electron chi connectivity index (χ3n) is 4.44. The summed E-state index contributed by atoms with van der Waals surface area (Å²) in [6.45, 7) is 3.44. The molecule has 6 heteroatoms. The molecule has 2 aromatic carbocycles. The second kappa shape index (κ2) is 7.37. The van der Waals surface area contributed by atoms with E-state index in [4.69, 9.17) is 14.4 Å². The Morgan fingerprint density at radius 2 is 1.81 bits per heavy atom. The van der Waals surface area contributed by atoms with Crippen molar-refractivity contribution in [2.45, 2.75) is 26.1 Å². The average molecular weight is 356 g/mol. The van der Waals surface area contributed by atoms with Crippen molar-refractivity contribution >= 4 is 11.8 Å². The highest BCUT2D eigenvalue weighted by Gasteiger charge is 2.47. The molecule has 0 aliphatic heterocycles. The van der Waals surface area contributed by atoms with E-state index < -0.39 is 18.4 Å². The SMILES string of the molecule is CCOC(=O)COC1(OO)c2ccccc2C(=O)c2cc(CC)ccc21. The normalized spacial score (nSPS) is 18.2. The topological polar surface area (TPSA) is 82.1 Å². The van der Waals surface area contributed by atoms with Crippen molar-refractivity contribution in [3.8, 4) is 0 Å². The molecule has 3 rings (SSSR count). The number of hydrogen-bond donors (Lipinski definition) is 1. The van der Waals surface area contributed by atoms with Gasteiger partial charge in [0.15, 0.2) is 5.78 Å². The molecule has 26 heavy (non-hydrogen) atoms. The van der Waals surface area contributed by atoms with Gasteiger partial charge in [-0.05, 0) is 25.0 Å². The van der Waals surface area contributed by atoms with Crippen LogP contribution in [0.25, 0.3) is 0 Å². The van der Waals surface area contributed by atoms with Gasteiger partial charge in [0.05, 0.1) is 6.61 Å². The fraction of sp³-hybridized carbons (Fsp3) is 0.300. The van der Waals surface area contributed by atoms with Crippen molar-refractivity contribution in [3.05, 3.63) is 70.3 Å². The fourth-order valence-corrected chi connectivity index (χ4v) is 3.19. The molecule has 1 atom stereocenters. The standard InChI is InChI=1S/C20H20O6/c1-3-13-9-10-17-15(11-13)19(22)14-7-5-6-8-16(14)20(17,26-23)25-12-18(21)24-4-2/h5-11,23H,3-4,12H2,1-2H3. The smallest absolute Gasteiger partial charge is 0.332 e. The Labute approximate surface area is 151 Å². The van der Waals surface area contributed by atoms with E-state index >= 15 is 0 Å². The Morgan fingerprint density at radius 1 is 1.08 bits per heavy atom. The number of carbonyl (C=O) groups excluding carboxylic acids is 2. The number of rotatable bonds is 6. The molecule has 0 saturated carbocycles. The first-order valence-corrected chi connectivity index (χ1v) is 8.47. The summed E-state index contributed by atoms with van der Waals surface area (Å²) in [4.78, 5) is 29.5. The Hall–Kier alpha value is -2.54. The highest BCUT2D eigenvalue weighted by atomic mass is 17.1. The molecule has 0 bridgehead atoms. The summed E-state index contributed by atoms with van der Waals surface area (Å²) in [5, 5.41) is 9.80. The van der Waals surface area contributed by atoms with Crippen LogP contribution >= 0.6 is 0 Å². The Morgan fingerprint density at radius 3 is 2.50 bits per heavy atom. The van der Waals surface area contributed by atoms with E-state index in [0.717, 1.165) is 12.0 Å². The molecule has 0 amide bonds. The van der Waals surface area contributed by atoms with Gasteiger partial charge >= 0.3 is 5.97 Å². The van der Waals surface area contributed by atoms with E-state index in [-0.39, 0.29) is 12.4 Å². The number of fused-ring (bicyclic) bond motifs is 2. The van der Waals surface area contributed by atoms with Crippen molar-refractivity contribution in [3.63, 3.8) is 0 Å². The largest absolute Gasteiger partial charge is 0.464 e. The Bertz CT molecular complexity index is 844. The van der Waals surface area contributed by atoms with Crippen LogP contribution in [0.1, 0.15) is 46.5 Å². The third kappa shape index (κ3) is 2.92. The second-order valence-electron chi connectivity index (χ2n) is 5.91. The van der Waals surface area contributed by atoms with Crippen LogP contribution < -0.4 is 0 Å². The van der Waals surface area contributed by atoms with Gasteiger partial charge in [0, 0.05) is 22.3 Å². The van der Waals surface area contributed by atoms with Crippen molar-refractivity contribution < 1.29 is 29.2 Å². The van der Waals surface area contributed by atoms with E-state index in [1.807, 2.05) is 13.0 Å². The number of ketones is 1. The summed E-state index contributed by atoms with van der Waals surface area (Å²) in [5.41, 5.74) is 2.39. The number of carbonyl (C=O) groups is 2. The van der Waals surface area contributed by atoms with Crippen molar-refractivity contribution in [2.75, 3.05) is 13.2 Å². The van der Waals surface area contributed by atoms with Gasteiger partial charge in [-0.15, -0.1) is 0 Å². The number of esters is 1. The molecule has 0 aromatic heterocycles. The molecule has 1 N–H and O–H groups in total. The highest BCUT2D eigenvalue weighted by molar-refractivity contribution is 6.13. The molecule has 0 heterocycles. The number of aryl methyl sites for hydroxylation is 1. The van der Waals surface area contributed by atoms with Crippen LogP contribution in [0.2, 0.25) is 0 Å². The Balaban J connectivity index is 2.15. The Kier molecular flexibility index (Phi) is 5.18. The van der Waals surface area contributed by atoms with Crippen LogP contribution in [-0.4, -0.2) is 30.2 Å². The van der Waals surface area contributed by atoms with Crippen LogP contribution in [0.15, 0.2) is 42.5 Å². The first-order chi connectivity index (χ1) is 12.6. The lowest BCUT2D eigenvalue weighted by molar-refractivity contribution is -0.394. The predicted octanol–water partition coefficient (Wildman–Crippen LogP) is 3.06. The molecular weight excluding hydrogens is 336 g/mol. The molecule has 0 saturated heterocycles. The van der Waals surface area contributed by atoms with Crippen LogP contribution in [0.3, 0.4) is 0 Å². The second-order valence-corrected chi connectivity index (χ2v) is 5.91. The quantitative estimate of drug-likeness (QED) is 0.371. The van der Waals surface area contributed by atoms with Gasteiger partial charge in [-0.25, -0.2) is 10.1 Å². The van der Waals surface area contributed by atoms with E-state index in [9.17, 15) is 14.8 Å². The molecule has 1 unspecified atom stereocenters. The number of hydrogen-bond acceptors (Lipinski definition) is 6. The molecule has 136 valence electrons. The maximum Gasteiger partial charge on any atom is 0.332 e. The minimum atomic E-state index is -1.78. The first kappa shape index (κ1) is 18.3. The first-order valence-electron chi connectivity index (χ1n) is 8.47. The molecule has 1 aliphatic rings. The van der Waals surface area contributed by atoms with Gasteiger partial charge in [-0.1, -0.05) is 43.3 Å². The van der Waals surface area contributed by atoms with Gasteiger partial charge < -0.3 is 9.47 Å².